The summed E-state index contributed by atoms with van der Waals surface area (Å²) >= 11 is 0. The summed E-state index contributed by atoms with van der Waals surface area (Å²) in [6, 6.07) is 7.56. The van der Waals surface area contributed by atoms with Crippen molar-refractivity contribution in [1.29, 1.82) is 0 Å². The Bertz CT molecular complexity index is 579. The second-order valence-electron chi connectivity index (χ2n) is 5.81. The molecule has 0 radical (unpaired) electrons. The minimum absolute atomic E-state index is 0.103. The van der Waals surface area contributed by atoms with E-state index in [0.717, 1.165) is 5.56 Å². The smallest absolute Gasteiger partial charge is 0.408 e. The number of carbonyl (C=O) groups is 3. The summed E-state index contributed by atoms with van der Waals surface area (Å²) in [7, 11) is 0. The Hall–Kier alpha value is -2.61. The maximum absolute atomic E-state index is 12.2. The Kier molecular flexibility index (Phi) is 8.42. The van der Waals surface area contributed by atoms with Crippen molar-refractivity contribution in [3.8, 4) is 0 Å². The first-order valence-electron chi connectivity index (χ1n) is 8.17. The van der Waals surface area contributed by atoms with E-state index in [9.17, 15) is 14.4 Å². The average molecular weight is 350 g/mol. The Morgan fingerprint density at radius 3 is 2.28 bits per heavy atom. The second-order valence-corrected chi connectivity index (χ2v) is 5.81. The molecule has 8 heteroatoms. The molecule has 0 heterocycles. The number of nitrogens with one attached hydrogen (secondary N) is 3. The van der Waals surface area contributed by atoms with Crippen LogP contribution in [0.3, 0.4) is 0 Å². The highest BCUT2D eigenvalue weighted by molar-refractivity contribution is 5.91. The van der Waals surface area contributed by atoms with Crippen LogP contribution in [0.5, 0.6) is 0 Å². The highest BCUT2D eigenvalue weighted by Gasteiger charge is 2.27. The predicted molar refractivity (Wildman–Crippen MR) is 92.9 cm³/mol. The normalized spacial score (nSPS) is 13.9. The predicted octanol–water partition coefficient (Wildman–Crippen LogP) is 0.822. The zero-order valence-corrected chi connectivity index (χ0v) is 14.7. The summed E-state index contributed by atoms with van der Waals surface area (Å²) in [5, 5.41) is 5.03. The molecule has 0 fully saturated rings. The number of hydrogen-bond donors (Lipinski definition) is 4. The Morgan fingerprint density at radius 2 is 1.72 bits per heavy atom. The van der Waals surface area contributed by atoms with Gasteiger partial charge in [0.05, 0.1) is 0 Å². The fourth-order valence-electron chi connectivity index (χ4n) is 2.08. The number of ether oxygens (including phenoxy) is 1. The summed E-state index contributed by atoms with van der Waals surface area (Å²) in [6.07, 6.45) is -0.0332. The molecule has 8 nitrogen and oxygen atoms in total. The van der Waals surface area contributed by atoms with E-state index in [2.05, 4.69) is 10.6 Å². The van der Waals surface area contributed by atoms with Crippen molar-refractivity contribution in [2.75, 3.05) is 0 Å². The quantitative estimate of drug-likeness (QED) is 0.314. The molecule has 0 unspecified atom stereocenters. The molecule has 0 aliphatic rings. The number of carbonyl (C=O) groups excluding carboxylic acids is 3. The van der Waals surface area contributed by atoms with E-state index < -0.39 is 30.0 Å². The first-order chi connectivity index (χ1) is 11.9. The van der Waals surface area contributed by atoms with Gasteiger partial charge in [-0.2, -0.15) is 0 Å². The van der Waals surface area contributed by atoms with Crippen molar-refractivity contribution in [3.05, 3.63) is 35.9 Å². The van der Waals surface area contributed by atoms with Crippen LogP contribution in [0.4, 0.5) is 4.79 Å². The molecule has 0 saturated heterocycles. The van der Waals surface area contributed by atoms with Gasteiger partial charge in [0.1, 0.15) is 18.7 Å². The van der Waals surface area contributed by atoms with Crippen LogP contribution in [0, 0.1) is 5.92 Å². The lowest BCUT2D eigenvalue weighted by molar-refractivity contribution is -0.131. The summed E-state index contributed by atoms with van der Waals surface area (Å²) in [5.74, 6) is 4.07. The summed E-state index contributed by atoms with van der Waals surface area (Å²) in [6.45, 7) is 5.34. The monoisotopic (exact) mass is 350 g/mol. The molecule has 0 spiro atoms. The van der Waals surface area contributed by atoms with Crippen LogP contribution in [0.1, 0.15) is 32.8 Å². The van der Waals surface area contributed by atoms with Crippen LogP contribution in [0.2, 0.25) is 0 Å². The Labute approximate surface area is 147 Å². The Morgan fingerprint density at radius 1 is 1.08 bits per heavy atom. The summed E-state index contributed by atoms with van der Waals surface area (Å²) < 4.78 is 5.06. The number of rotatable bonds is 8. The third-order valence-electron chi connectivity index (χ3n) is 3.88. The van der Waals surface area contributed by atoms with Crippen LogP contribution in [-0.2, 0) is 20.9 Å². The van der Waals surface area contributed by atoms with Crippen molar-refractivity contribution in [2.45, 2.75) is 45.9 Å². The molecule has 3 amide bonds. The van der Waals surface area contributed by atoms with Crippen LogP contribution in [0.25, 0.3) is 0 Å². The van der Waals surface area contributed by atoms with Crippen molar-refractivity contribution in [2.24, 2.45) is 11.8 Å². The number of nitrogens with two attached hydrogens (primary N) is 1. The molecule has 3 atom stereocenters. The van der Waals surface area contributed by atoms with Gasteiger partial charge in [0, 0.05) is 0 Å². The molecule has 1 rings (SSSR count). The third-order valence-corrected chi connectivity index (χ3v) is 3.88. The molecule has 0 aliphatic carbocycles. The molecule has 138 valence electrons. The molecular formula is C17H26N4O4. The van der Waals surface area contributed by atoms with E-state index in [4.69, 9.17) is 10.6 Å². The van der Waals surface area contributed by atoms with Gasteiger partial charge >= 0.3 is 6.09 Å². The van der Waals surface area contributed by atoms with Gasteiger partial charge in [-0.15, -0.1) is 0 Å². The number of alkyl carbamates (subject to hydrolysis) is 1. The van der Waals surface area contributed by atoms with Crippen LogP contribution < -0.4 is 21.9 Å². The van der Waals surface area contributed by atoms with Crippen molar-refractivity contribution in [3.63, 3.8) is 0 Å². The average Bonchev–Trinajstić information content (AvgIpc) is 2.63. The second kappa shape index (κ2) is 10.3. The van der Waals surface area contributed by atoms with E-state index in [-0.39, 0.29) is 12.5 Å². The third kappa shape index (κ3) is 6.80. The van der Waals surface area contributed by atoms with Gasteiger partial charge in [-0.05, 0) is 18.4 Å². The zero-order chi connectivity index (χ0) is 18.8. The van der Waals surface area contributed by atoms with Gasteiger partial charge in [0.25, 0.3) is 5.91 Å². The topological polar surface area (TPSA) is 123 Å². The van der Waals surface area contributed by atoms with E-state index >= 15 is 0 Å². The lowest BCUT2D eigenvalue weighted by Gasteiger charge is -2.24. The van der Waals surface area contributed by atoms with Crippen molar-refractivity contribution < 1.29 is 19.1 Å². The minimum atomic E-state index is -0.861. The molecule has 1 aromatic rings. The van der Waals surface area contributed by atoms with E-state index in [1.54, 1.807) is 0 Å². The van der Waals surface area contributed by atoms with Gasteiger partial charge in [-0.25, -0.2) is 10.6 Å². The molecule has 0 aliphatic heterocycles. The van der Waals surface area contributed by atoms with Gasteiger partial charge in [0.15, 0.2) is 0 Å². The number of amides is 3. The fraction of sp³-hybridized carbons (Fsp3) is 0.471. The highest BCUT2D eigenvalue weighted by Crippen LogP contribution is 2.08. The standard InChI is InChI=1S/C17H26N4O4/c1-4-11(2)14(16(23)21-18)20-15(22)12(3)19-17(24)25-10-13-8-6-5-7-9-13/h5-9,11-12,14H,4,10,18H2,1-3H3,(H,19,24)(H,20,22)(H,21,23)/t11-,12-,14-/m0/s1. The van der Waals surface area contributed by atoms with E-state index in [1.165, 1.54) is 6.92 Å². The number of hydrogen-bond acceptors (Lipinski definition) is 5. The lowest BCUT2D eigenvalue weighted by atomic mass is 9.98. The van der Waals surface area contributed by atoms with E-state index in [0.29, 0.717) is 6.42 Å². The van der Waals surface area contributed by atoms with Crippen LogP contribution in [-0.4, -0.2) is 30.0 Å². The molecule has 0 bridgehead atoms. The van der Waals surface area contributed by atoms with Crippen LogP contribution >= 0.6 is 0 Å². The minimum Gasteiger partial charge on any atom is -0.445 e. The maximum atomic E-state index is 12.2. The fourth-order valence-corrected chi connectivity index (χ4v) is 2.08. The summed E-state index contributed by atoms with van der Waals surface area (Å²) in [4.78, 5) is 35.8. The maximum Gasteiger partial charge on any atom is 0.408 e. The van der Waals surface area contributed by atoms with Crippen molar-refractivity contribution >= 4 is 17.9 Å². The highest BCUT2D eigenvalue weighted by atomic mass is 16.5. The SMILES string of the molecule is CC[C@H](C)[C@H](NC(=O)[C@H](C)NC(=O)OCc1ccccc1)C(=O)NN. The first kappa shape index (κ1) is 20.4. The molecule has 25 heavy (non-hydrogen) atoms. The van der Waals surface area contributed by atoms with Gasteiger partial charge in [0.2, 0.25) is 5.91 Å². The first-order valence-corrected chi connectivity index (χ1v) is 8.17. The van der Waals surface area contributed by atoms with Gasteiger partial charge < -0.3 is 15.4 Å². The van der Waals surface area contributed by atoms with Gasteiger partial charge in [-0.3, -0.25) is 15.0 Å². The van der Waals surface area contributed by atoms with Crippen LogP contribution in [0.15, 0.2) is 30.3 Å². The van der Waals surface area contributed by atoms with Gasteiger partial charge in [-0.1, -0.05) is 50.6 Å². The molecule has 1 aromatic carbocycles. The zero-order valence-electron chi connectivity index (χ0n) is 14.7. The van der Waals surface area contributed by atoms with E-state index in [1.807, 2.05) is 49.6 Å². The molecular weight excluding hydrogens is 324 g/mol. The Balaban J connectivity index is 2.51. The largest absolute Gasteiger partial charge is 0.445 e. The van der Waals surface area contributed by atoms with Crippen molar-refractivity contribution in [1.82, 2.24) is 16.1 Å². The molecule has 0 aromatic heterocycles. The number of hydrazine groups is 1. The lowest BCUT2D eigenvalue weighted by Crippen LogP contribution is -2.56. The number of benzene rings is 1. The summed E-state index contributed by atoms with van der Waals surface area (Å²) in [5.41, 5.74) is 2.88. The molecule has 5 N–H and O–H groups in total. The molecule has 0 saturated carbocycles.